The number of benzene rings is 1. The first-order valence-electron chi connectivity index (χ1n) is 5.72. The summed E-state index contributed by atoms with van der Waals surface area (Å²) in [4.78, 5) is 10.5. The van der Waals surface area contributed by atoms with E-state index in [1.807, 2.05) is 31.2 Å². The van der Waals surface area contributed by atoms with Crippen LogP contribution in [0, 0.1) is 6.92 Å². The van der Waals surface area contributed by atoms with Crippen molar-refractivity contribution in [2.24, 2.45) is 0 Å². The summed E-state index contributed by atoms with van der Waals surface area (Å²) in [5.41, 5.74) is 2.55. The molecule has 2 rings (SSSR count). The van der Waals surface area contributed by atoms with Gasteiger partial charge >= 0.3 is 5.97 Å². The van der Waals surface area contributed by atoms with Gasteiger partial charge in [-0.25, -0.2) is 9.48 Å². The van der Waals surface area contributed by atoms with Gasteiger partial charge < -0.3 is 9.84 Å². The molecule has 0 saturated carbocycles. The summed E-state index contributed by atoms with van der Waals surface area (Å²) in [6.45, 7) is 1.89. The summed E-state index contributed by atoms with van der Waals surface area (Å²) in [6, 6.07) is 7.49. The van der Waals surface area contributed by atoms with Gasteiger partial charge in [0.25, 0.3) is 0 Å². The molecule has 1 N–H and O–H groups in total. The SMILES string of the molecule is COc1ccc(-n2ncc(C=CC(=O)O)c2C)cc1. The third-order valence-electron chi connectivity index (χ3n) is 2.77. The highest BCUT2D eigenvalue weighted by Crippen LogP contribution is 2.18. The predicted octanol–water partition coefficient (Wildman–Crippen LogP) is 2.29. The molecule has 1 heterocycles. The Morgan fingerprint density at radius 2 is 2.05 bits per heavy atom. The van der Waals surface area contributed by atoms with Gasteiger partial charge in [0, 0.05) is 17.3 Å². The van der Waals surface area contributed by atoms with Crippen LogP contribution < -0.4 is 4.74 Å². The first-order valence-corrected chi connectivity index (χ1v) is 5.72. The molecular formula is C14H14N2O3. The summed E-state index contributed by atoms with van der Waals surface area (Å²) in [6.07, 6.45) is 4.27. The standard InChI is InChI=1S/C14H14N2O3/c1-10-11(3-8-14(17)18)9-15-16(10)12-4-6-13(19-2)7-5-12/h3-9H,1-2H3,(H,17,18). The maximum Gasteiger partial charge on any atom is 0.328 e. The zero-order chi connectivity index (χ0) is 13.8. The van der Waals surface area contributed by atoms with Gasteiger partial charge in [0.2, 0.25) is 0 Å². The molecule has 0 spiro atoms. The van der Waals surface area contributed by atoms with Crippen molar-refractivity contribution in [1.29, 1.82) is 0 Å². The van der Waals surface area contributed by atoms with Crippen molar-refractivity contribution in [3.05, 3.63) is 47.8 Å². The average molecular weight is 258 g/mol. The molecule has 0 unspecified atom stereocenters. The van der Waals surface area contributed by atoms with Gasteiger partial charge in [0.1, 0.15) is 5.75 Å². The van der Waals surface area contributed by atoms with Crippen LogP contribution in [-0.2, 0) is 4.79 Å². The number of carbonyl (C=O) groups is 1. The van der Waals surface area contributed by atoms with Crippen LogP contribution in [-0.4, -0.2) is 28.0 Å². The number of aliphatic carboxylic acids is 1. The number of nitrogens with zero attached hydrogens (tertiary/aromatic N) is 2. The molecule has 0 saturated heterocycles. The minimum Gasteiger partial charge on any atom is -0.497 e. The molecule has 0 amide bonds. The molecule has 19 heavy (non-hydrogen) atoms. The lowest BCUT2D eigenvalue weighted by atomic mass is 10.2. The average Bonchev–Trinajstić information content (AvgIpc) is 2.78. The number of ether oxygens (including phenoxy) is 1. The van der Waals surface area contributed by atoms with E-state index in [0.717, 1.165) is 28.8 Å². The molecule has 2 aromatic rings. The lowest BCUT2D eigenvalue weighted by molar-refractivity contribution is -0.131. The predicted molar refractivity (Wildman–Crippen MR) is 71.5 cm³/mol. The Morgan fingerprint density at radius 1 is 1.37 bits per heavy atom. The van der Waals surface area contributed by atoms with Crippen LogP contribution in [0.5, 0.6) is 5.75 Å². The first-order chi connectivity index (χ1) is 9.11. The van der Waals surface area contributed by atoms with Crippen molar-refractivity contribution in [1.82, 2.24) is 9.78 Å². The summed E-state index contributed by atoms with van der Waals surface area (Å²) in [7, 11) is 1.61. The van der Waals surface area contributed by atoms with Crippen LogP contribution in [0.2, 0.25) is 0 Å². The zero-order valence-electron chi connectivity index (χ0n) is 10.7. The normalized spacial score (nSPS) is 10.8. The van der Waals surface area contributed by atoms with Crippen LogP contribution in [0.3, 0.4) is 0 Å². The van der Waals surface area contributed by atoms with Crippen LogP contribution >= 0.6 is 0 Å². The number of rotatable bonds is 4. The van der Waals surface area contributed by atoms with Gasteiger partial charge in [-0.1, -0.05) is 0 Å². The molecule has 1 aromatic carbocycles. The van der Waals surface area contributed by atoms with Crippen molar-refractivity contribution in [3.8, 4) is 11.4 Å². The molecule has 0 atom stereocenters. The molecule has 0 aliphatic heterocycles. The molecule has 98 valence electrons. The topological polar surface area (TPSA) is 64.4 Å². The van der Waals surface area contributed by atoms with Crippen LogP contribution in [0.15, 0.2) is 36.5 Å². The Labute approximate surface area is 110 Å². The first kappa shape index (κ1) is 12.9. The van der Waals surface area contributed by atoms with Crippen LogP contribution in [0.1, 0.15) is 11.3 Å². The molecule has 0 aliphatic carbocycles. The van der Waals surface area contributed by atoms with Gasteiger partial charge in [0.05, 0.1) is 19.0 Å². The third kappa shape index (κ3) is 2.82. The fourth-order valence-corrected chi connectivity index (χ4v) is 1.73. The molecule has 0 aliphatic rings. The van der Waals surface area contributed by atoms with Crippen molar-refractivity contribution < 1.29 is 14.6 Å². The fourth-order valence-electron chi connectivity index (χ4n) is 1.73. The maximum absolute atomic E-state index is 10.5. The van der Waals surface area contributed by atoms with Crippen molar-refractivity contribution in [3.63, 3.8) is 0 Å². The van der Waals surface area contributed by atoms with E-state index < -0.39 is 5.97 Å². The molecule has 1 aromatic heterocycles. The molecule has 0 bridgehead atoms. The number of carboxylic acid groups (broad SMARTS) is 1. The Hall–Kier alpha value is -2.56. The number of hydrogen-bond donors (Lipinski definition) is 1. The second kappa shape index (κ2) is 5.39. The Morgan fingerprint density at radius 3 is 2.63 bits per heavy atom. The summed E-state index contributed by atoms with van der Waals surface area (Å²) < 4.78 is 6.85. The lowest BCUT2D eigenvalue weighted by Crippen LogP contribution is -1.98. The third-order valence-corrected chi connectivity index (χ3v) is 2.77. The van der Waals surface area contributed by atoms with E-state index in [4.69, 9.17) is 9.84 Å². The zero-order valence-corrected chi connectivity index (χ0v) is 10.7. The quantitative estimate of drug-likeness (QED) is 0.854. The lowest BCUT2D eigenvalue weighted by Gasteiger charge is -2.05. The Bertz CT molecular complexity index is 612. The number of methoxy groups -OCH3 is 1. The van der Waals surface area contributed by atoms with Gasteiger partial charge in [-0.05, 0) is 37.3 Å². The van der Waals surface area contributed by atoms with E-state index in [1.54, 1.807) is 18.0 Å². The van der Waals surface area contributed by atoms with Crippen LogP contribution in [0.4, 0.5) is 0 Å². The van der Waals surface area contributed by atoms with Crippen molar-refractivity contribution >= 4 is 12.0 Å². The molecule has 5 heteroatoms. The Balaban J connectivity index is 2.32. The minimum atomic E-state index is -0.975. The van der Waals surface area contributed by atoms with Gasteiger partial charge in [-0.3, -0.25) is 0 Å². The maximum atomic E-state index is 10.5. The van der Waals surface area contributed by atoms with Crippen LogP contribution in [0.25, 0.3) is 11.8 Å². The summed E-state index contributed by atoms with van der Waals surface area (Å²) in [5.74, 6) is -0.198. The molecule has 0 fully saturated rings. The molecule has 5 nitrogen and oxygen atoms in total. The van der Waals surface area contributed by atoms with Gasteiger partial charge in [0.15, 0.2) is 0 Å². The highest BCUT2D eigenvalue weighted by Gasteiger charge is 2.06. The smallest absolute Gasteiger partial charge is 0.328 e. The highest BCUT2D eigenvalue weighted by molar-refractivity contribution is 5.85. The van der Waals surface area contributed by atoms with E-state index in [9.17, 15) is 4.79 Å². The minimum absolute atomic E-state index is 0.776. The molecular weight excluding hydrogens is 244 g/mol. The summed E-state index contributed by atoms with van der Waals surface area (Å²) in [5, 5.41) is 12.9. The highest BCUT2D eigenvalue weighted by atomic mass is 16.5. The second-order valence-corrected chi connectivity index (χ2v) is 3.97. The monoisotopic (exact) mass is 258 g/mol. The Kier molecular flexibility index (Phi) is 3.66. The van der Waals surface area contributed by atoms with Crippen molar-refractivity contribution in [2.45, 2.75) is 6.92 Å². The fraction of sp³-hybridized carbons (Fsp3) is 0.143. The van der Waals surface area contributed by atoms with E-state index in [-0.39, 0.29) is 0 Å². The summed E-state index contributed by atoms with van der Waals surface area (Å²) >= 11 is 0. The van der Waals surface area contributed by atoms with Gasteiger partial charge in [-0.2, -0.15) is 5.10 Å². The number of carboxylic acids is 1. The largest absolute Gasteiger partial charge is 0.497 e. The van der Waals surface area contributed by atoms with E-state index >= 15 is 0 Å². The second-order valence-electron chi connectivity index (χ2n) is 3.97. The van der Waals surface area contributed by atoms with E-state index in [0.29, 0.717) is 0 Å². The van der Waals surface area contributed by atoms with Crippen molar-refractivity contribution in [2.75, 3.05) is 7.11 Å². The van der Waals surface area contributed by atoms with E-state index in [1.165, 1.54) is 6.08 Å². The number of aromatic nitrogens is 2. The number of hydrogen-bond acceptors (Lipinski definition) is 3. The molecule has 0 radical (unpaired) electrons. The van der Waals surface area contributed by atoms with E-state index in [2.05, 4.69) is 5.10 Å². The van der Waals surface area contributed by atoms with Gasteiger partial charge in [-0.15, -0.1) is 0 Å².